The van der Waals surface area contributed by atoms with Crippen LogP contribution in [0.2, 0.25) is 0 Å². The maximum atomic E-state index is 12.5. The van der Waals surface area contributed by atoms with Crippen LogP contribution < -0.4 is 15.4 Å². The topological polar surface area (TPSA) is 119 Å². The number of ether oxygens (including phenoxy) is 3. The van der Waals surface area contributed by atoms with Gasteiger partial charge in [-0.3, -0.25) is 9.69 Å². The Morgan fingerprint density at radius 1 is 1.28 bits per heavy atom. The minimum absolute atomic E-state index is 0.101. The molecular formula is C25H30N6O5. The standard InChI is InChI=1S/C25H30N6O5/c1-4-12-36-25(33)29-21-9-10-30(15-20(21)24(32)35-3)14-17-8-11-31-22(17)23(26-16-27-31)28-18-6-5-7-19(13-18)34-2/h4-8,11,13,16,20-21H,1,9-10,12,14-15H2,2-3H3,(H,29,33)(H,26,27,28)/t20-,21-/m1/s1. The molecule has 4 rings (SSSR count). The molecular weight excluding hydrogens is 464 g/mol. The van der Waals surface area contributed by atoms with Gasteiger partial charge in [0.1, 0.15) is 24.2 Å². The number of likely N-dealkylation sites (tertiary alicyclic amines) is 1. The molecule has 0 bridgehead atoms. The highest BCUT2D eigenvalue weighted by molar-refractivity contribution is 5.77. The van der Waals surface area contributed by atoms with Gasteiger partial charge in [0, 0.05) is 43.6 Å². The summed E-state index contributed by atoms with van der Waals surface area (Å²) in [7, 11) is 2.97. The third-order valence-electron chi connectivity index (χ3n) is 6.10. The molecule has 1 aromatic carbocycles. The number of esters is 1. The number of piperidine rings is 1. The van der Waals surface area contributed by atoms with E-state index in [0.717, 1.165) is 22.5 Å². The molecule has 1 aliphatic heterocycles. The molecule has 1 amide bonds. The predicted octanol–water partition coefficient (Wildman–Crippen LogP) is 2.76. The Hall–Kier alpha value is -4.12. The van der Waals surface area contributed by atoms with Crippen molar-refractivity contribution in [3.63, 3.8) is 0 Å². The lowest BCUT2D eigenvalue weighted by atomic mass is 9.92. The van der Waals surface area contributed by atoms with Gasteiger partial charge in [-0.15, -0.1) is 0 Å². The van der Waals surface area contributed by atoms with Crippen LogP contribution in [0.1, 0.15) is 12.0 Å². The van der Waals surface area contributed by atoms with Crippen molar-refractivity contribution in [1.29, 1.82) is 0 Å². The zero-order valence-corrected chi connectivity index (χ0v) is 20.3. The van der Waals surface area contributed by atoms with Gasteiger partial charge >= 0.3 is 12.1 Å². The van der Waals surface area contributed by atoms with Gasteiger partial charge in [-0.05, 0) is 30.2 Å². The van der Waals surface area contributed by atoms with Crippen molar-refractivity contribution in [2.24, 2.45) is 5.92 Å². The molecule has 2 N–H and O–H groups in total. The summed E-state index contributed by atoms with van der Waals surface area (Å²) in [5.74, 6) is 0.488. The highest BCUT2D eigenvalue weighted by Crippen LogP contribution is 2.27. The SMILES string of the molecule is C=CCOC(=O)N[C@@H]1CCN(Cc2ccn3ncnc(Nc4cccc(OC)c4)c23)C[C@H]1C(=O)OC. The van der Waals surface area contributed by atoms with E-state index in [1.807, 2.05) is 36.5 Å². The van der Waals surface area contributed by atoms with Crippen LogP contribution in [0.15, 0.2) is 55.5 Å². The molecule has 0 saturated carbocycles. The van der Waals surface area contributed by atoms with Crippen LogP contribution in [-0.2, 0) is 20.8 Å². The summed E-state index contributed by atoms with van der Waals surface area (Å²) < 4.78 is 17.1. The molecule has 2 atom stereocenters. The Morgan fingerprint density at radius 3 is 2.92 bits per heavy atom. The molecule has 190 valence electrons. The van der Waals surface area contributed by atoms with Crippen LogP contribution >= 0.6 is 0 Å². The minimum Gasteiger partial charge on any atom is -0.497 e. The van der Waals surface area contributed by atoms with Crippen LogP contribution in [0.5, 0.6) is 5.75 Å². The van der Waals surface area contributed by atoms with Gasteiger partial charge in [0.25, 0.3) is 0 Å². The van der Waals surface area contributed by atoms with Crippen LogP contribution in [0.4, 0.5) is 16.3 Å². The number of benzene rings is 1. The Bertz CT molecular complexity index is 1230. The van der Waals surface area contributed by atoms with E-state index < -0.39 is 12.0 Å². The number of carbonyl (C=O) groups excluding carboxylic acids is 2. The quantitative estimate of drug-likeness (QED) is 0.342. The lowest BCUT2D eigenvalue weighted by Crippen LogP contribution is -2.53. The fourth-order valence-corrected chi connectivity index (χ4v) is 4.37. The molecule has 1 saturated heterocycles. The number of amides is 1. The van der Waals surface area contributed by atoms with Gasteiger partial charge in [0.2, 0.25) is 0 Å². The molecule has 11 heteroatoms. The molecule has 0 unspecified atom stereocenters. The van der Waals surface area contributed by atoms with E-state index in [1.165, 1.54) is 19.5 Å². The molecule has 1 aliphatic rings. The van der Waals surface area contributed by atoms with Gasteiger partial charge in [0.05, 0.1) is 20.1 Å². The van der Waals surface area contributed by atoms with Crippen LogP contribution in [0.25, 0.3) is 5.52 Å². The lowest BCUT2D eigenvalue weighted by molar-refractivity contribution is -0.148. The first kappa shape index (κ1) is 25.0. The molecule has 3 heterocycles. The molecule has 3 aromatic rings. The maximum absolute atomic E-state index is 12.5. The van der Waals surface area contributed by atoms with Crippen molar-refractivity contribution in [2.45, 2.75) is 19.0 Å². The van der Waals surface area contributed by atoms with E-state index in [9.17, 15) is 9.59 Å². The van der Waals surface area contributed by atoms with Crippen molar-refractivity contribution in [3.05, 3.63) is 61.1 Å². The second kappa shape index (κ2) is 11.5. The first-order valence-corrected chi connectivity index (χ1v) is 11.6. The first-order chi connectivity index (χ1) is 17.5. The van der Waals surface area contributed by atoms with Gasteiger partial charge in [-0.2, -0.15) is 5.10 Å². The average molecular weight is 495 g/mol. The van der Waals surface area contributed by atoms with Crippen LogP contribution in [0.3, 0.4) is 0 Å². The largest absolute Gasteiger partial charge is 0.497 e. The van der Waals surface area contributed by atoms with Crippen molar-refractivity contribution < 1.29 is 23.8 Å². The van der Waals surface area contributed by atoms with E-state index in [-0.39, 0.29) is 18.6 Å². The maximum Gasteiger partial charge on any atom is 0.407 e. The molecule has 11 nitrogen and oxygen atoms in total. The van der Waals surface area contributed by atoms with Crippen LogP contribution in [-0.4, -0.2) is 71.5 Å². The molecule has 0 aliphatic carbocycles. The Kier molecular flexibility index (Phi) is 8.01. The van der Waals surface area contributed by atoms with E-state index in [2.05, 4.69) is 32.2 Å². The van der Waals surface area contributed by atoms with Gasteiger partial charge < -0.3 is 24.8 Å². The number of nitrogens with zero attached hydrogens (tertiary/aromatic N) is 4. The van der Waals surface area contributed by atoms with E-state index >= 15 is 0 Å². The summed E-state index contributed by atoms with van der Waals surface area (Å²) in [6.07, 6.45) is 4.86. The fourth-order valence-electron chi connectivity index (χ4n) is 4.37. The number of rotatable bonds is 9. The molecule has 2 aromatic heterocycles. The molecule has 1 fully saturated rings. The molecule has 36 heavy (non-hydrogen) atoms. The van der Waals surface area contributed by atoms with Crippen LogP contribution in [0, 0.1) is 5.92 Å². The summed E-state index contributed by atoms with van der Waals surface area (Å²) in [4.78, 5) is 31.2. The summed E-state index contributed by atoms with van der Waals surface area (Å²) in [6.45, 7) is 5.29. The minimum atomic E-state index is -0.578. The molecule has 0 spiro atoms. The molecule has 0 radical (unpaired) electrons. The van der Waals surface area contributed by atoms with Gasteiger partial charge in [-0.25, -0.2) is 14.3 Å². The first-order valence-electron chi connectivity index (χ1n) is 11.6. The summed E-state index contributed by atoms with van der Waals surface area (Å²) in [5, 5.41) is 10.5. The predicted molar refractivity (Wildman–Crippen MR) is 133 cm³/mol. The highest BCUT2D eigenvalue weighted by Gasteiger charge is 2.36. The van der Waals surface area contributed by atoms with E-state index in [4.69, 9.17) is 14.2 Å². The number of anilines is 2. The second-order valence-electron chi connectivity index (χ2n) is 8.39. The average Bonchev–Trinajstić information content (AvgIpc) is 3.31. The zero-order chi connectivity index (χ0) is 25.5. The van der Waals surface area contributed by atoms with Crippen molar-refractivity contribution >= 4 is 29.1 Å². The van der Waals surface area contributed by atoms with E-state index in [0.29, 0.717) is 31.9 Å². The lowest BCUT2D eigenvalue weighted by Gasteiger charge is -2.37. The Labute approximate surface area is 209 Å². The zero-order valence-electron chi connectivity index (χ0n) is 20.3. The summed E-state index contributed by atoms with van der Waals surface area (Å²) in [6, 6.07) is 9.20. The number of nitrogens with one attached hydrogen (secondary N) is 2. The number of alkyl carbamates (subject to hydrolysis) is 1. The van der Waals surface area contributed by atoms with Gasteiger partial charge in [0.15, 0.2) is 5.82 Å². The highest BCUT2D eigenvalue weighted by atomic mass is 16.5. The Morgan fingerprint density at radius 2 is 2.14 bits per heavy atom. The third-order valence-corrected chi connectivity index (χ3v) is 6.10. The second-order valence-corrected chi connectivity index (χ2v) is 8.39. The fraction of sp³-hybridized carbons (Fsp3) is 0.360. The number of carbonyl (C=O) groups is 2. The number of methoxy groups -OCH3 is 2. The van der Waals surface area contributed by atoms with Crippen molar-refractivity contribution in [1.82, 2.24) is 24.8 Å². The monoisotopic (exact) mass is 494 g/mol. The van der Waals surface area contributed by atoms with Crippen molar-refractivity contribution in [3.8, 4) is 5.75 Å². The summed E-state index contributed by atoms with van der Waals surface area (Å²) >= 11 is 0. The third kappa shape index (κ3) is 5.74. The normalized spacial score (nSPS) is 17.8. The summed E-state index contributed by atoms with van der Waals surface area (Å²) in [5.41, 5.74) is 2.67. The van der Waals surface area contributed by atoms with Crippen molar-refractivity contribution in [2.75, 3.05) is 39.2 Å². The number of fused-ring (bicyclic) bond motifs is 1. The number of hydrogen-bond donors (Lipinski definition) is 2. The van der Waals surface area contributed by atoms with E-state index in [1.54, 1.807) is 11.6 Å². The van der Waals surface area contributed by atoms with Gasteiger partial charge in [-0.1, -0.05) is 18.7 Å². The number of hydrogen-bond acceptors (Lipinski definition) is 9. The smallest absolute Gasteiger partial charge is 0.407 e. The Balaban J connectivity index is 1.51. The number of aromatic nitrogens is 3.